The zero-order valence-corrected chi connectivity index (χ0v) is 13.9. The van der Waals surface area contributed by atoms with Crippen molar-refractivity contribution >= 4 is 0 Å². The van der Waals surface area contributed by atoms with Crippen molar-refractivity contribution < 1.29 is 9.15 Å². The van der Waals surface area contributed by atoms with Crippen LogP contribution in [0.1, 0.15) is 56.1 Å². The monoisotopic (exact) mass is 315 g/mol. The van der Waals surface area contributed by atoms with Crippen LogP contribution in [-0.4, -0.2) is 22.2 Å². The van der Waals surface area contributed by atoms with Crippen molar-refractivity contribution in [3.05, 3.63) is 41.9 Å². The first-order valence-corrected chi connectivity index (χ1v) is 8.71. The quantitative estimate of drug-likeness (QED) is 0.889. The number of aryl methyl sites for hydroxylation is 1. The summed E-state index contributed by atoms with van der Waals surface area (Å²) in [5.41, 5.74) is 0. The van der Waals surface area contributed by atoms with Crippen LogP contribution in [0.3, 0.4) is 0 Å². The molecular weight excluding hydrogens is 290 g/mol. The molecule has 2 aliphatic rings. The van der Waals surface area contributed by atoms with Crippen molar-refractivity contribution in [1.82, 2.24) is 14.9 Å². The Kier molecular flexibility index (Phi) is 3.99. The van der Waals surface area contributed by atoms with Gasteiger partial charge in [-0.3, -0.25) is 0 Å². The lowest BCUT2D eigenvalue weighted by Gasteiger charge is -2.19. The van der Waals surface area contributed by atoms with Gasteiger partial charge in [0.05, 0.1) is 6.54 Å². The molecule has 5 heteroatoms. The summed E-state index contributed by atoms with van der Waals surface area (Å²) in [4.78, 5) is 4.49. The van der Waals surface area contributed by atoms with Crippen molar-refractivity contribution in [3.8, 4) is 0 Å². The second-order valence-electron chi connectivity index (χ2n) is 6.76. The van der Waals surface area contributed by atoms with Gasteiger partial charge >= 0.3 is 0 Å². The summed E-state index contributed by atoms with van der Waals surface area (Å²) in [5, 5.41) is 3.60. The maximum Gasteiger partial charge on any atom is 0.139 e. The third-order valence-electron chi connectivity index (χ3n) is 5.13. The predicted molar refractivity (Wildman–Crippen MR) is 87.1 cm³/mol. The fourth-order valence-electron chi connectivity index (χ4n) is 3.54. The SMILES string of the molecule is CCn1ccnc1[C@H]1OCC[C@@H]1NCc1ccc([C@H]2C[C@@H]2C)o1. The molecule has 3 heterocycles. The van der Waals surface area contributed by atoms with Gasteiger partial charge in [-0.1, -0.05) is 6.92 Å². The first kappa shape index (κ1) is 15.0. The van der Waals surface area contributed by atoms with Gasteiger partial charge < -0.3 is 19.0 Å². The van der Waals surface area contributed by atoms with Crippen LogP contribution in [0, 0.1) is 5.92 Å². The van der Waals surface area contributed by atoms with E-state index in [9.17, 15) is 0 Å². The summed E-state index contributed by atoms with van der Waals surface area (Å²) in [6.07, 6.45) is 6.17. The molecule has 2 aromatic heterocycles. The minimum Gasteiger partial charge on any atom is -0.464 e. The molecule has 1 aliphatic carbocycles. The largest absolute Gasteiger partial charge is 0.464 e. The molecule has 4 atom stereocenters. The van der Waals surface area contributed by atoms with Crippen LogP contribution in [0.2, 0.25) is 0 Å². The van der Waals surface area contributed by atoms with E-state index in [1.807, 2.05) is 12.4 Å². The molecule has 0 spiro atoms. The molecule has 23 heavy (non-hydrogen) atoms. The third kappa shape index (κ3) is 2.95. The smallest absolute Gasteiger partial charge is 0.139 e. The van der Waals surface area contributed by atoms with E-state index in [4.69, 9.17) is 9.15 Å². The van der Waals surface area contributed by atoms with Crippen LogP contribution >= 0.6 is 0 Å². The first-order chi connectivity index (χ1) is 11.3. The van der Waals surface area contributed by atoms with Gasteiger partial charge in [-0.25, -0.2) is 4.98 Å². The number of hydrogen-bond acceptors (Lipinski definition) is 4. The van der Waals surface area contributed by atoms with E-state index in [-0.39, 0.29) is 12.1 Å². The normalized spacial score (nSPS) is 30.0. The van der Waals surface area contributed by atoms with E-state index in [0.29, 0.717) is 5.92 Å². The first-order valence-electron chi connectivity index (χ1n) is 8.71. The molecule has 0 aromatic carbocycles. The van der Waals surface area contributed by atoms with E-state index >= 15 is 0 Å². The zero-order chi connectivity index (χ0) is 15.8. The van der Waals surface area contributed by atoms with Gasteiger partial charge in [-0.2, -0.15) is 0 Å². The molecule has 124 valence electrons. The highest BCUT2D eigenvalue weighted by atomic mass is 16.5. The minimum atomic E-state index is 0.0304. The van der Waals surface area contributed by atoms with Gasteiger partial charge in [0.15, 0.2) is 0 Å². The molecule has 1 N–H and O–H groups in total. The summed E-state index contributed by atoms with van der Waals surface area (Å²) in [5.74, 6) is 4.61. The second kappa shape index (κ2) is 6.13. The predicted octanol–water partition coefficient (Wildman–Crippen LogP) is 3.24. The third-order valence-corrected chi connectivity index (χ3v) is 5.13. The standard InChI is InChI=1S/C18H25N3O2/c1-3-21-8-7-19-18(21)17-15(6-9-22-17)20-11-13-4-5-16(23-13)14-10-12(14)2/h4-5,7-8,12,14-15,17,20H,3,6,9-11H2,1-2H3/t12-,14-,15-,17-/m0/s1. The van der Waals surface area contributed by atoms with Crippen molar-refractivity contribution in [2.75, 3.05) is 6.61 Å². The Morgan fingerprint density at radius 3 is 3.04 bits per heavy atom. The summed E-state index contributed by atoms with van der Waals surface area (Å²) in [7, 11) is 0. The van der Waals surface area contributed by atoms with Crippen molar-refractivity contribution in [1.29, 1.82) is 0 Å². The van der Waals surface area contributed by atoms with Gasteiger partial charge in [0.2, 0.25) is 0 Å². The highest BCUT2D eigenvalue weighted by molar-refractivity contribution is 5.17. The van der Waals surface area contributed by atoms with Crippen molar-refractivity contribution in [3.63, 3.8) is 0 Å². The second-order valence-corrected chi connectivity index (χ2v) is 6.76. The number of aromatic nitrogens is 2. The molecule has 2 aromatic rings. The maximum absolute atomic E-state index is 5.98. The molecule has 1 aliphatic heterocycles. The molecule has 1 saturated heterocycles. The van der Waals surface area contributed by atoms with Crippen molar-refractivity contribution in [2.24, 2.45) is 5.92 Å². The van der Waals surface area contributed by atoms with E-state index in [2.05, 4.69) is 40.8 Å². The van der Waals surface area contributed by atoms with E-state index in [1.54, 1.807) is 0 Å². The molecule has 1 saturated carbocycles. The molecular formula is C18H25N3O2. The van der Waals surface area contributed by atoms with Gasteiger partial charge in [-0.05, 0) is 37.8 Å². The summed E-state index contributed by atoms with van der Waals surface area (Å²) in [6, 6.07) is 4.53. The Balaban J connectivity index is 1.39. The Morgan fingerprint density at radius 2 is 2.26 bits per heavy atom. The fraction of sp³-hybridized carbons (Fsp3) is 0.611. The number of nitrogens with zero attached hydrogens (tertiary/aromatic N) is 2. The van der Waals surface area contributed by atoms with Crippen LogP contribution in [0.4, 0.5) is 0 Å². The number of furan rings is 1. The number of nitrogens with one attached hydrogen (secondary N) is 1. The van der Waals surface area contributed by atoms with E-state index in [1.165, 1.54) is 6.42 Å². The zero-order valence-electron chi connectivity index (χ0n) is 13.9. The van der Waals surface area contributed by atoms with Crippen LogP contribution in [0.5, 0.6) is 0 Å². The van der Waals surface area contributed by atoms with Gasteiger partial charge in [-0.15, -0.1) is 0 Å². The lowest BCUT2D eigenvalue weighted by atomic mass is 10.1. The highest BCUT2D eigenvalue weighted by Gasteiger charge is 2.37. The Hall–Kier alpha value is -1.59. The lowest BCUT2D eigenvalue weighted by Crippen LogP contribution is -2.32. The topological polar surface area (TPSA) is 52.2 Å². The number of imidazole rings is 1. The van der Waals surface area contributed by atoms with Crippen LogP contribution < -0.4 is 5.32 Å². The van der Waals surface area contributed by atoms with Crippen molar-refractivity contribution in [2.45, 2.75) is 57.8 Å². The van der Waals surface area contributed by atoms with Crippen LogP contribution in [0.25, 0.3) is 0 Å². The number of rotatable bonds is 6. The minimum absolute atomic E-state index is 0.0304. The summed E-state index contributed by atoms with van der Waals surface area (Å²) in [6.45, 7) is 6.86. The number of hydrogen-bond donors (Lipinski definition) is 1. The summed E-state index contributed by atoms with van der Waals surface area (Å²) < 4.78 is 14.1. The molecule has 0 bridgehead atoms. The lowest BCUT2D eigenvalue weighted by molar-refractivity contribution is 0.0882. The molecule has 4 rings (SSSR count). The van der Waals surface area contributed by atoms with E-state index < -0.39 is 0 Å². The molecule has 0 unspecified atom stereocenters. The number of ether oxygens (including phenoxy) is 1. The van der Waals surface area contributed by atoms with Crippen LogP contribution in [-0.2, 0) is 17.8 Å². The molecule has 0 amide bonds. The Labute approximate surface area is 137 Å². The molecule has 2 fully saturated rings. The van der Waals surface area contributed by atoms with Gasteiger partial charge in [0.25, 0.3) is 0 Å². The Bertz CT molecular complexity index is 663. The van der Waals surface area contributed by atoms with Crippen LogP contribution in [0.15, 0.2) is 28.9 Å². The van der Waals surface area contributed by atoms with Gasteiger partial charge in [0.1, 0.15) is 23.4 Å². The van der Waals surface area contributed by atoms with Gasteiger partial charge in [0, 0.05) is 37.5 Å². The fourth-order valence-corrected chi connectivity index (χ4v) is 3.54. The molecule has 0 radical (unpaired) electrons. The van der Waals surface area contributed by atoms with E-state index in [0.717, 1.165) is 49.4 Å². The maximum atomic E-state index is 5.98. The average molecular weight is 315 g/mol. The highest BCUT2D eigenvalue weighted by Crippen LogP contribution is 2.47. The Morgan fingerprint density at radius 1 is 1.39 bits per heavy atom. The summed E-state index contributed by atoms with van der Waals surface area (Å²) >= 11 is 0. The molecule has 5 nitrogen and oxygen atoms in total. The average Bonchev–Trinajstić information content (AvgIpc) is 3.04.